The maximum absolute atomic E-state index is 11.8. The first-order chi connectivity index (χ1) is 9.20. The molecule has 1 aromatic rings. The van der Waals surface area contributed by atoms with Crippen molar-refractivity contribution >= 4 is 28.9 Å². The number of hydrogen-bond donors (Lipinski definition) is 2. The molecule has 0 spiro atoms. The molecule has 5 heteroatoms. The van der Waals surface area contributed by atoms with Gasteiger partial charge in [-0.1, -0.05) is 23.8 Å². The van der Waals surface area contributed by atoms with E-state index in [0.717, 1.165) is 36.4 Å². The van der Waals surface area contributed by atoms with Gasteiger partial charge in [-0.25, -0.2) is 0 Å². The summed E-state index contributed by atoms with van der Waals surface area (Å²) in [6.07, 6.45) is 5.34. The standard InChI is InChI=1S/C14H16ClN3O/c1-16-13-9-7-10(15)12(8-11(9)17-14(13)19)18-5-3-2-4-6-18/h2-3,7-8,13,16H,4-6H2,1H3,(H,17,19). The SMILES string of the molecule is CNC1C(=O)Nc2cc(N3CC=CCC3)c(Cl)cc21. The predicted molar refractivity (Wildman–Crippen MR) is 77.9 cm³/mol. The molecule has 0 saturated carbocycles. The highest BCUT2D eigenvalue weighted by atomic mass is 35.5. The van der Waals surface area contributed by atoms with Gasteiger partial charge >= 0.3 is 0 Å². The minimum Gasteiger partial charge on any atom is -0.366 e. The van der Waals surface area contributed by atoms with Crippen LogP contribution < -0.4 is 15.5 Å². The number of halogens is 1. The Hall–Kier alpha value is -1.52. The molecular formula is C14H16ClN3O. The zero-order chi connectivity index (χ0) is 13.4. The van der Waals surface area contributed by atoms with E-state index in [1.807, 2.05) is 12.1 Å². The summed E-state index contributed by atoms with van der Waals surface area (Å²) in [5.74, 6) is -0.0238. The summed E-state index contributed by atoms with van der Waals surface area (Å²) >= 11 is 6.38. The zero-order valence-corrected chi connectivity index (χ0v) is 11.5. The number of nitrogens with zero attached hydrogens (tertiary/aromatic N) is 1. The summed E-state index contributed by atoms with van der Waals surface area (Å²) in [6.45, 7) is 1.82. The van der Waals surface area contributed by atoms with Crippen molar-refractivity contribution < 1.29 is 4.79 Å². The summed E-state index contributed by atoms with van der Waals surface area (Å²) in [7, 11) is 1.77. The molecule has 0 aliphatic carbocycles. The quantitative estimate of drug-likeness (QED) is 0.816. The summed E-state index contributed by atoms with van der Waals surface area (Å²) in [6, 6.07) is 3.57. The minimum atomic E-state index is -0.303. The summed E-state index contributed by atoms with van der Waals surface area (Å²) in [4.78, 5) is 14.0. The van der Waals surface area contributed by atoms with Crippen molar-refractivity contribution in [1.82, 2.24) is 5.32 Å². The van der Waals surface area contributed by atoms with Gasteiger partial charge in [0.15, 0.2) is 0 Å². The lowest BCUT2D eigenvalue weighted by Crippen LogP contribution is -2.27. The van der Waals surface area contributed by atoms with Gasteiger partial charge in [0.1, 0.15) is 6.04 Å². The molecule has 1 amide bonds. The zero-order valence-electron chi connectivity index (χ0n) is 10.7. The molecular weight excluding hydrogens is 262 g/mol. The fourth-order valence-electron chi connectivity index (χ4n) is 2.66. The Kier molecular flexibility index (Phi) is 3.21. The molecule has 0 bridgehead atoms. The number of hydrogen-bond acceptors (Lipinski definition) is 3. The fourth-order valence-corrected chi connectivity index (χ4v) is 2.95. The summed E-state index contributed by atoms with van der Waals surface area (Å²) in [5, 5.41) is 6.60. The summed E-state index contributed by atoms with van der Waals surface area (Å²) in [5.41, 5.74) is 2.77. The highest BCUT2D eigenvalue weighted by molar-refractivity contribution is 6.33. The highest BCUT2D eigenvalue weighted by Crippen LogP contribution is 2.39. The number of rotatable bonds is 2. The van der Waals surface area contributed by atoms with Crippen LogP contribution in [0.1, 0.15) is 18.0 Å². The predicted octanol–water partition coefficient (Wildman–Crippen LogP) is 2.32. The molecule has 2 N–H and O–H groups in total. The molecule has 100 valence electrons. The van der Waals surface area contributed by atoms with E-state index >= 15 is 0 Å². The van der Waals surface area contributed by atoms with Crippen molar-refractivity contribution in [2.45, 2.75) is 12.5 Å². The second-order valence-electron chi connectivity index (χ2n) is 4.81. The third kappa shape index (κ3) is 2.11. The van der Waals surface area contributed by atoms with E-state index in [9.17, 15) is 4.79 Å². The Bertz CT molecular complexity index is 556. The number of fused-ring (bicyclic) bond motifs is 1. The largest absolute Gasteiger partial charge is 0.366 e. The van der Waals surface area contributed by atoms with Crippen LogP contribution >= 0.6 is 11.6 Å². The van der Waals surface area contributed by atoms with Crippen molar-refractivity contribution in [1.29, 1.82) is 0 Å². The van der Waals surface area contributed by atoms with E-state index in [1.54, 1.807) is 7.05 Å². The van der Waals surface area contributed by atoms with Gasteiger partial charge in [0.25, 0.3) is 0 Å². The topological polar surface area (TPSA) is 44.4 Å². The van der Waals surface area contributed by atoms with E-state index in [0.29, 0.717) is 5.02 Å². The van der Waals surface area contributed by atoms with Crippen molar-refractivity contribution in [2.24, 2.45) is 0 Å². The van der Waals surface area contributed by atoms with Crippen LogP contribution in [0.15, 0.2) is 24.3 Å². The Labute approximate surface area is 117 Å². The molecule has 2 aliphatic heterocycles. The van der Waals surface area contributed by atoms with Gasteiger partial charge < -0.3 is 15.5 Å². The number of carbonyl (C=O) groups excluding carboxylic acids is 1. The van der Waals surface area contributed by atoms with Crippen LogP contribution in [-0.2, 0) is 4.79 Å². The van der Waals surface area contributed by atoms with Crippen LogP contribution in [0.3, 0.4) is 0 Å². The van der Waals surface area contributed by atoms with Crippen molar-refractivity contribution in [3.05, 3.63) is 34.9 Å². The number of carbonyl (C=O) groups is 1. The van der Waals surface area contributed by atoms with Crippen molar-refractivity contribution in [2.75, 3.05) is 30.4 Å². The van der Waals surface area contributed by atoms with Crippen LogP contribution in [-0.4, -0.2) is 26.0 Å². The van der Waals surface area contributed by atoms with E-state index in [1.165, 1.54) is 0 Å². The number of benzene rings is 1. The lowest BCUT2D eigenvalue weighted by Gasteiger charge is -2.27. The number of amides is 1. The molecule has 0 saturated heterocycles. The molecule has 4 nitrogen and oxygen atoms in total. The summed E-state index contributed by atoms with van der Waals surface area (Å²) < 4.78 is 0. The van der Waals surface area contributed by atoms with E-state index in [2.05, 4.69) is 27.7 Å². The fraction of sp³-hybridized carbons (Fsp3) is 0.357. The smallest absolute Gasteiger partial charge is 0.246 e. The first-order valence-corrected chi connectivity index (χ1v) is 6.80. The van der Waals surface area contributed by atoms with Gasteiger partial charge in [-0.3, -0.25) is 4.79 Å². The van der Waals surface area contributed by atoms with Gasteiger partial charge in [0.05, 0.1) is 10.7 Å². The Morgan fingerprint density at radius 3 is 2.95 bits per heavy atom. The van der Waals surface area contributed by atoms with Crippen molar-refractivity contribution in [3.63, 3.8) is 0 Å². The maximum atomic E-state index is 11.8. The molecule has 1 unspecified atom stereocenters. The molecule has 0 radical (unpaired) electrons. The van der Waals surface area contributed by atoms with E-state index in [4.69, 9.17) is 11.6 Å². The Morgan fingerprint density at radius 1 is 1.42 bits per heavy atom. The third-order valence-corrected chi connectivity index (χ3v) is 3.94. The van der Waals surface area contributed by atoms with Crippen LogP contribution in [0.4, 0.5) is 11.4 Å². The van der Waals surface area contributed by atoms with Gasteiger partial charge in [0, 0.05) is 24.3 Å². The Balaban J connectivity index is 1.99. The molecule has 1 atom stereocenters. The van der Waals surface area contributed by atoms with Gasteiger partial charge in [0.2, 0.25) is 5.91 Å². The lowest BCUT2D eigenvalue weighted by molar-refractivity contribution is -0.117. The first-order valence-electron chi connectivity index (χ1n) is 6.42. The maximum Gasteiger partial charge on any atom is 0.246 e. The average molecular weight is 278 g/mol. The number of anilines is 2. The normalized spacial score (nSPS) is 21.5. The Morgan fingerprint density at radius 2 is 2.26 bits per heavy atom. The van der Waals surface area contributed by atoms with Crippen LogP contribution in [0, 0.1) is 0 Å². The van der Waals surface area contributed by atoms with Gasteiger partial charge in [-0.05, 0) is 25.6 Å². The highest BCUT2D eigenvalue weighted by Gasteiger charge is 2.30. The number of likely N-dealkylation sites (N-methyl/N-ethyl adjacent to an activating group) is 1. The van der Waals surface area contributed by atoms with Crippen LogP contribution in [0.2, 0.25) is 5.02 Å². The second kappa shape index (κ2) is 4.87. The van der Waals surface area contributed by atoms with E-state index < -0.39 is 0 Å². The molecule has 1 aromatic carbocycles. The number of nitrogens with one attached hydrogen (secondary N) is 2. The van der Waals surface area contributed by atoms with Gasteiger partial charge in [-0.15, -0.1) is 0 Å². The van der Waals surface area contributed by atoms with E-state index in [-0.39, 0.29) is 11.9 Å². The first kappa shape index (κ1) is 12.5. The molecule has 2 heterocycles. The minimum absolute atomic E-state index is 0.0238. The molecule has 3 rings (SSSR count). The van der Waals surface area contributed by atoms with Crippen LogP contribution in [0.25, 0.3) is 0 Å². The lowest BCUT2D eigenvalue weighted by atomic mass is 10.1. The van der Waals surface area contributed by atoms with Crippen LogP contribution in [0.5, 0.6) is 0 Å². The molecule has 19 heavy (non-hydrogen) atoms. The monoisotopic (exact) mass is 277 g/mol. The van der Waals surface area contributed by atoms with Crippen molar-refractivity contribution in [3.8, 4) is 0 Å². The average Bonchev–Trinajstić information content (AvgIpc) is 2.73. The van der Waals surface area contributed by atoms with Gasteiger partial charge in [-0.2, -0.15) is 0 Å². The molecule has 0 aromatic heterocycles. The second-order valence-corrected chi connectivity index (χ2v) is 5.22. The molecule has 0 fully saturated rings. The third-order valence-electron chi connectivity index (χ3n) is 3.64. The molecule has 2 aliphatic rings.